The van der Waals surface area contributed by atoms with E-state index in [0.29, 0.717) is 0 Å². The quantitative estimate of drug-likeness (QED) is 0.685. The molecule has 0 amide bonds. The summed E-state index contributed by atoms with van der Waals surface area (Å²) < 4.78 is 0. The zero-order chi connectivity index (χ0) is 12.3. The van der Waals surface area contributed by atoms with Gasteiger partial charge in [0.1, 0.15) is 0 Å². The molecule has 2 fully saturated rings. The van der Waals surface area contributed by atoms with Crippen molar-refractivity contribution in [1.29, 1.82) is 0 Å². The molecule has 0 spiro atoms. The summed E-state index contributed by atoms with van der Waals surface area (Å²) in [5, 5.41) is 0. The highest BCUT2D eigenvalue weighted by Gasteiger charge is 2.30. The van der Waals surface area contributed by atoms with Gasteiger partial charge in [0.15, 0.2) is 0 Å². The van der Waals surface area contributed by atoms with Crippen LogP contribution in [0.5, 0.6) is 0 Å². The molecule has 0 N–H and O–H groups in total. The molecular formula is C14H27N3. The highest BCUT2D eigenvalue weighted by atomic mass is 15.3. The Morgan fingerprint density at radius 3 is 2.71 bits per heavy atom. The van der Waals surface area contributed by atoms with E-state index < -0.39 is 0 Å². The Labute approximate surface area is 106 Å². The molecule has 0 saturated carbocycles. The van der Waals surface area contributed by atoms with Gasteiger partial charge in [-0.25, -0.2) is 0 Å². The average Bonchev–Trinajstić information content (AvgIpc) is 2.28. The van der Waals surface area contributed by atoms with Crippen LogP contribution in [0.4, 0.5) is 0 Å². The van der Waals surface area contributed by atoms with Crippen molar-refractivity contribution in [3.63, 3.8) is 0 Å². The highest BCUT2D eigenvalue weighted by molar-refractivity contribution is 5.01. The molecule has 2 saturated heterocycles. The van der Waals surface area contributed by atoms with Gasteiger partial charge >= 0.3 is 0 Å². The molecule has 0 aromatic rings. The predicted octanol–water partition coefficient (Wildman–Crippen LogP) is 1.27. The van der Waals surface area contributed by atoms with Crippen molar-refractivity contribution < 1.29 is 0 Å². The minimum Gasteiger partial charge on any atom is -0.303 e. The van der Waals surface area contributed by atoms with Crippen molar-refractivity contribution in [3.8, 4) is 0 Å². The van der Waals surface area contributed by atoms with Crippen LogP contribution in [0.15, 0.2) is 11.6 Å². The van der Waals surface area contributed by atoms with Gasteiger partial charge in [0.25, 0.3) is 0 Å². The summed E-state index contributed by atoms with van der Waals surface area (Å²) >= 11 is 0. The van der Waals surface area contributed by atoms with E-state index in [2.05, 4.69) is 41.7 Å². The standard InChI is InChI=1S/C14H27N3/c1-4-5-13(2)10-16-7-9-17-8-6-15(3)11-14(17)12-16/h5,14H,4,6-12H2,1-3H3/b13-5+. The average molecular weight is 237 g/mol. The molecular weight excluding hydrogens is 210 g/mol. The molecule has 0 bridgehead atoms. The lowest BCUT2D eigenvalue weighted by molar-refractivity contribution is 0.0237. The van der Waals surface area contributed by atoms with Crippen molar-refractivity contribution in [1.82, 2.24) is 14.7 Å². The van der Waals surface area contributed by atoms with Gasteiger partial charge in [-0.15, -0.1) is 0 Å². The fourth-order valence-corrected chi connectivity index (χ4v) is 3.08. The first-order valence-corrected chi connectivity index (χ1v) is 6.99. The summed E-state index contributed by atoms with van der Waals surface area (Å²) in [4.78, 5) is 7.77. The van der Waals surface area contributed by atoms with Gasteiger partial charge in [-0.3, -0.25) is 9.80 Å². The molecule has 3 heteroatoms. The van der Waals surface area contributed by atoms with E-state index in [-0.39, 0.29) is 0 Å². The molecule has 2 aliphatic rings. The molecule has 2 heterocycles. The molecule has 1 unspecified atom stereocenters. The topological polar surface area (TPSA) is 9.72 Å². The SMILES string of the molecule is CC/C=C(\C)CN1CCN2CCN(C)CC2C1. The predicted molar refractivity (Wildman–Crippen MR) is 73.3 cm³/mol. The van der Waals surface area contributed by atoms with Crippen molar-refractivity contribution >= 4 is 0 Å². The Bertz CT molecular complexity index is 275. The lowest BCUT2D eigenvalue weighted by atomic mass is 10.1. The second kappa shape index (κ2) is 5.98. The zero-order valence-electron chi connectivity index (χ0n) is 11.7. The number of fused-ring (bicyclic) bond motifs is 1. The zero-order valence-corrected chi connectivity index (χ0v) is 11.7. The summed E-state index contributed by atoms with van der Waals surface area (Å²) in [5.41, 5.74) is 1.53. The van der Waals surface area contributed by atoms with Gasteiger partial charge in [0.2, 0.25) is 0 Å². The molecule has 0 aromatic carbocycles. The van der Waals surface area contributed by atoms with E-state index >= 15 is 0 Å². The summed E-state index contributed by atoms with van der Waals surface area (Å²) in [6.07, 6.45) is 3.53. The van der Waals surface area contributed by atoms with Gasteiger partial charge in [0.05, 0.1) is 0 Å². The third-order valence-electron chi connectivity index (χ3n) is 4.01. The Hall–Kier alpha value is -0.380. The van der Waals surface area contributed by atoms with Crippen molar-refractivity contribution in [2.24, 2.45) is 0 Å². The van der Waals surface area contributed by atoms with Crippen LogP contribution in [0.2, 0.25) is 0 Å². The van der Waals surface area contributed by atoms with Crippen LogP contribution in [-0.4, -0.2) is 73.6 Å². The van der Waals surface area contributed by atoms with Gasteiger partial charge in [-0.2, -0.15) is 0 Å². The molecule has 3 nitrogen and oxygen atoms in total. The first kappa shape index (κ1) is 13.1. The van der Waals surface area contributed by atoms with E-state index in [1.54, 1.807) is 0 Å². The fraction of sp³-hybridized carbons (Fsp3) is 0.857. The van der Waals surface area contributed by atoms with Crippen LogP contribution in [-0.2, 0) is 0 Å². The summed E-state index contributed by atoms with van der Waals surface area (Å²) in [5.74, 6) is 0. The van der Waals surface area contributed by atoms with E-state index in [4.69, 9.17) is 0 Å². The molecule has 17 heavy (non-hydrogen) atoms. The fourth-order valence-electron chi connectivity index (χ4n) is 3.08. The Morgan fingerprint density at radius 2 is 1.94 bits per heavy atom. The number of piperazine rings is 2. The van der Waals surface area contributed by atoms with Gasteiger partial charge in [-0.05, 0) is 20.4 Å². The first-order chi connectivity index (χ1) is 8.19. The molecule has 98 valence electrons. The third-order valence-corrected chi connectivity index (χ3v) is 4.01. The Balaban J connectivity index is 1.85. The molecule has 1 atom stereocenters. The smallest absolute Gasteiger partial charge is 0.0351 e. The lowest BCUT2D eigenvalue weighted by Crippen LogP contribution is -2.61. The largest absolute Gasteiger partial charge is 0.303 e. The van der Waals surface area contributed by atoms with Gasteiger partial charge < -0.3 is 4.90 Å². The van der Waals surface area contributed by atoms with E-state index in [0.717, 1.165) is 12.5 Å². The number of likely N-dealkylation sites (N-methyl/N-ethyl adjacent to an activating group) is 1. The van der Waals surface area contributed by atoms with Gasteiger partial charge in [0, 0.05) is 51.9 Å². The minimum atomic E-state index is 0.761. The maximum Gasteiger partial charge on any atom is 0.0351 e. The van der Waals surface area contributed by atoms with Crippen LogP contribution in [0.25, 0.3) is 0 Å². The second-order valence-electron chi connectivity index (χ2n) is 5.65. The van der Waals surface area contributed by atoms with Crippen LogP contribution < -0.4 is 0 Å². The van der Waals surface area contributed by atoms with Crippen LogP contribution >= 0.6 is 0 Å². The summed E-state index contributed by atoms with van der Waals surface area (Å²) in [6.45, 7) is 13.2. The lowest BCUT2D eigenvalue weighted by Gasteiger charge is -2.46. The van der Waals surface area contributed by atoms with Crippen molar-refractivity contribution in [3.05, 3.63) is 11.6 Å². The second-order valence-corrected chi connectivity index (χ2v) is 5.65. The van der Waals surface area contributed by atoms with Crippen molar-refractivity contribution in [2.45, 2.75) is 26.3 Å². The molecule has 0 aliphatic carbocycles. The number of allylic oxidation sites excluding steroid dienone is 1. The maximum atomic E-state index is 2.68. The van der Waals surface area contributed by atoms with E-state index in [1.165, 1.54) is 51.4 Å². The number of rotatable bonds is 3. The van der Waals surface area contributed by atoms with Crippen LogP contribution in [0, 0.1) is 0 Å². The summed E-state index contributed by atoms with van der Waals surface area (Å²) in [7, 11) is 2.25. The molecule has 2 rings (SSSR count). The normalized spacial score (nSPS) is 29.4. The minimum absolute atomic E-state index is 0.761. The highest BCUT2D eigenvalue weighted by Crippen LogP contribution is 2.15. The van der Waals surface area contributed by atoms with Crippen LogP contribution in [0.1, 0.15) is 20.3 Å². The van der Waals surface area contributed by atoms with E-state index in [1.807, 2.05) is 0 Å². The maximum absolute atomic E-state index is 2.68. The Morgan fingerprint density at radius 1 is 1.18 bits per heavy atom. The van der Waals surface area contributed by atoms with Gasteiger partial charge in [-0.1, -0.05) is 18.6 Å². The number of nitrogens with zero attached hydrogens (tertiary/aromatic N) is 3. The third kappa shape index (κ3) is 3.54. The van der Waals surface area contributed by atoms with Crippen molar-refractivity contribution in [2.75, 3.05) is 52.9 Å². The number of hydrogen-bond donors (Lipinski definition) is 0. The molecule has 0 aromatic heterocycles. The van der Waals surface area contributed by atoms with Crippen LogP contribution in [0.3, 0.4) is 0 Å². The number of hydrogen-bond acceptors (Lipinski definition) is 3. The van der Waals surface area contributed by atoms with E-state index in [9.17, 15) is 0 Å². The monoisotopic (exact) mass is 237 g/mol. The molecule has 2 aliphatic heterocycles. The Kier molecular flexibility index (Phi) is 4.60. The molecule has 0 radical (unpaired) electrons. The first-order valence-electron chi connectivity index (χ1n) is 6.99. The summed E-state index contributed by atoms with van der Waals surface area (Å²) in [6, 6.07) is 0.761.